The molecule has 0 unspecified atom stereocenters. The first-order chi connectivity index (χ1) is 14.0. The monoisotopic (exact) mass is 432 g/mol. The molecule has 2 heterocycles. The Labute approximate surface area is 178 Å². The maximum Gasteiger partial charge on any atom is 0.262 e. The van der Waals surface area contributed by atoms with E-state index in [4.69, 9.17) is 24.4 Å². The molecule has 0 aliphatic carbocycles. The number of hydrogen-bond donors (Lipinski definition) is 3. The Kier molecular flexibility index (Phi) is 7.10. The highest BCUT2D eigenvalue weighted by atomic mass is 32.1. The molecular formula is C19H24N6O2S2. The molecule has 0 aliphatic heterocycles. The summed E-state index contributed by atoms with van der Waals surface area (Å²) in [6, 6.07) is 7.34. The molecule has 0 saturated carbocycles. The van der Waals surface area contributed by atoms with Crippen LogP contribution in [0.5, 0.6) is 0 Å². The van der Waals surface area contributed by atoms with Gasteiger partial charge in [0.25, 0.3) is 5.56 Å². The van der Waals surface area contributed by atoms with E-state index in [-0.39, 0.29) is 11.5 Å². The number of carbonyl (C=O) groups excluding carboxylic acids is 1. The highest BCUT2D eigenvalue weighted by Crippen LogP contribution is 2.08. The first-order valence-corrected chi connectivity index (χ1v) is 10.5. The molecule has 0 aliphatic rings. The summed E-state index contributed by atoms with van der Waals surface area (Å²) in [5.74, 6) is 0.692. The van der Waals surface area contributed by atoms with E-state index < -0.39 is 0 Å². The van der Waals surface area contributed by atoms with Crippen molar-refractivity contribution in [3.05, 3.63) is 50.0 Å². The van der Waals surface area contributed by atoms with Crippen molar-refractivity contribution in [1.29, 1.82) is 0 Å². The number of rotatable bonds is 9. The first-order valence-electron chi connectivity index (χ1n) is 9.64. The Hall–Kier alpha value is -2.59. The van der Waals surface area contributed by atoms with Gasteiger partial charge in [0.2, 0.25) is 5.91 Å². The van der Waals surface area contributed by atoms with Crippen LogP contribution in [0.15, 0.2) is 29.1 Å². The second kappa shape index (κ2) is 9.75. The summed E-state index contributed by atoms with van der Waals surface area (Å²) in [5.41, 5.74) is 0.673. The summed E-state index contributed by atoms with van der Waals surface area (Å²) in [6.07, 6.45) is 2.77. The van der Waals surface area contributed by atoms with Crippen molar-refractivity contribution in [3.63, 3.8) is 0 Å². The van der Waals surface area contributed by atoms with Gasteiger partial charge in [-0.05, 0) is 56.3 Å². The molecule has 1 amide bonds. The second-order valence-corrected chi connectivity index (χ2v) is 7.48. The van der Waals surface area contributed by atoms with Crippen molar-refractivity contribution >= 4 is 41.2 Å². The number of benzene rings is 1. The number of carbonyl (C=O) groups is 1. The van der Waals surface area contributed by atoms with Gasteiger partial charge < -0.3 is 14.9 Å². The van der Waals surface area contributed by atoms with Gasteiger partial charge in [0.1, 0.15) is 0 Å². The molecule has 3 aromatic rings. The predicted octanol–water partition coefficient (Wildman–Crippen LogP) is 3.21. The van der Waals surface area contributed by atoms with Crippen molar-refractivity contribution in [2.24, 2.45) is 0 Å². The van der Waals surface area contributed by atoms with Gasteiger partial charge in [-0.1, -0.05) is 18.6 Å². The van der Waals surface area contributed by atoms with Crippen LogP contribution in [-0.4, -0.2) is 30.2 Å². The summed E-state index contributed by atoms with van der Waals surface area (Å²) in [6.45, 7) is 3.56. The molecule has 1 aromatic carbocycles. The van der Waals surface area contributed by atoms with E-state index in [0.717, 1.165) is 30.6 Å². The van der Waals surface area contributed by atoms with Gasteiger partial charge in [0.15, 0.2) is 15.4 Å². The van der Waals surface area contributed by atoms with E-state index in [9.17, 15) is 9.59 Å². The van der Waals surface area contributed by atoms with Crippen molar-refractivity contribution in [3.8, 4) is 0 Å². The fourth-order valence-electron chi connectivity index (χ4n) is 3.21. The molecule has 29 heavy (non-hydrogen) atoms. The van der Waals surface area contributed by atoms with Crippen LogP contribution in [0, 0.1) is 9.54 Å². The molecule has 3 rings (SSSR count). The van der Waals surface area contributed by atoms with Gasteiger partial charge >= 0.3 is 0 Å². The number of aromatic nitrogens is 5. The molecule has 0 spiro atoms. The molecular weight excluding hydrogens is 408 g/mol. The molecule has 0 radical (unpaired) electrons. The Morgan fingerprint density at radius 1 is 1.14 bits per heavy atom. The summed E-state index contributed by atoms with van der Waals surface area (Å²) < 4.78 is 4.42. The lowest BCUT2D eigenvalue weighted by atomic mass is 10.2. The van der Waals surface area contributed by atoms with Crippen LogP contribution in [0.25, 0.3) is 10.9 Å². The number of para-hydroxylation sites is 1. The van der Waals surface area contributed by atoms with Crippen LogP contribution in [0.2, 0.25) is 0 Å². The maximum atomic E-state index is 12.6. The third-order valence-corrected chi connectivity index (χ3v) is 5.41. The van der Waals surface area contributed by atoms with Gasteiger partial charge in [-0.15, -0.1) is 0 Å². The third-order valence-electron chi connectivity index (χ3n) is 4.77. The minimum atomic E-state index is -0.0774. The van der Waals surface area contributed by atoms with Crippen LogP contribution in [0.1, 0.15) is 38.4 Å². The van der Waals surface area contributed by atoms with Gasteiger partial charge in [-0.3, -0.25) is 19.3 Å². The maximum absolute atomic E-state index is 12.6. The van der Waals surface area contributed by atoms with Crippen LogP contribution < -0.4 is 10.9 Å². The van der Waals surface area contributed by atoms with Crippen molar-refractivity contribution in [1.82, 2.24) is 29.6 Å². The van der Waals surface area contributed by atoms with E-state index >= 15 is 0 Å². The van der Waals surface area contributed by atoms with Gasteiger partial charge in [-0.25, -0.2) is 0 Å². The highest BCUT2D eigenvalue weighted by molar-refractivity contribution is 7.71. The van der Waals surface area contributed by atoms with Gasteiger partial charge in [0, 0.05) is 19.5 Å². The summed E-state index contributed by atoms with van der Waals surface area (Å²) in [7, 11) is 0. The molecule has 0 fully saturated rings. The summed E-state index contributed by atoms with van der Waals surface area (Å²) >= 11 is 10.4. The zero-order valence-corrected chi connectivity index (χ0v) is 17.9. The van der Waals surface area contributed by atoms with E-state index in [0.29, 0.717) is 41.0 Å². The largest absolute Gasteiger partial charge is 0.349 e. The third kappa shape index (κ3) is 5.07. The number of hydrogen-bond acceptors (Lipinski definition) is 5. The quantitative estimate of drug-likeness (QED) is 0.356. The summed E-state index contributed by atoms with van der Waals surface area (Å²) in [5, 5.41) is 10.4. The zero-order chi connectivity index (χ0) is 20.8. The van der Waals surface area contributed by atoms with E-state index in [1.807, 2.05) is 29.7 Å². The number of aromatic amines is 2. The second-order valence-electron chi connectivity index (χ2n) is 6.71. The van der Waals surface area contributed by atoms with Crippen molar-refractivity contribution in [2.75, 3.05) is 0 Å². The van der Waals surface area contributed by atoms with Crippen LogP contribution in [-0.2, 0) is 24.4 Å². The first kappa shape index (κ1) is 21.1. The SMILES string of the molecule is CCn1c(CNC(=O)CCCCCn2c(=S)[nH]c3ccccc3c2=O)n[nH]c1=S. The Balaban J connectivity index is 1.45. The van der Waals surface area contributed by atoms with Crippen LogP contribution in [0.4, 0.5) is 0 Å². The lowest BCUT2D eigenvalue weighted by Crippen LogP contribution is -2.24. The molecule has 2 aromatic heterocycles. The lowest BCUT2D eigenvalue weighted by Gasteiger charge is -2.08. The topological polar surface area (TPSA) is 100 Å². The minimum absolute atomic E-state index is 0.0262. The lowest BCUT2D eigenvalue weighted by molar-refractivity contribution is -0.121. The molecule has 154 valence electrons. The van der Waals surface area contributed by atoms with Crippen LogP contribution in [0.3, 0.4) is 0 Å². The predicted molar refractivity (Wildman–Crippen MR) is 117 cm³/mol. The van der Waals surface area contributed by atoms with Gasteiger partial charge in [-0.2, -0.15) is 5.10 Å². The fraction of sp³-hybridized carbons (Fsp3) is 0.421. The van der Waals surface area contributed by atoms with E-state index in [1.54, 1.807) is 10.6 Å². The smallest absolute Gasteiger partial charge is 0.262 e. The van der Waals surface area contributed by atoms with Crippen LogP contribution >= 0.6 is 24.4 Å². The van der Waals surface area contributed by atoms with E-state index in [1.165, 1.54) is 0 Å². The highest BCUT2D eigenvalue weighted by Gasteiger charge is 2.08. The minimum Gasteiger partial charge on any atom is -0.349 e. The molecule has 0 bridgehead atoms. The molecule has 3 N–H and O–H groups in total. The number of unbranched alkanes of at least 4 members (excludes halogenated alkanes) is 2. The molecule has 0 saturated heterocycles. The number of fused-ring (bicyclic) bond motifs is 1. The standard InChI is InChI=1S/C19H24N6O2S2/c1-2-24-15(22-23-19(24)29)12-20-16(26)10-4-3-7-11-25-17(27)13-8-5-6-9-14(13)21-18(25)28/h5-6,8-9H,2-4,7,10-12H2,1H3,(H,20,26)(H,21,28)(H,23,29). The number of nitrogens with one attached hydrogen (secondary N) is 3. The number of H-pyrrole nitrogens is 2. The molecule has 0 atom stereocenters. The zero-order valence-electron chi connectivity index (χ0n) is 16.2. The Morgan fingerprint density at radius 2 is 1.93 bits per heavy atom. The Morgan fingerprint density at radius 3 is 2.72 bits per heavy atom. The number of nitrogens with zero attached hydrogens (tertiary/aromatic N) is 3. The summed E-state index contributed by atoms with van der Waals surface area (Å²) in [4.78, 5) is 27.7. The number of amides is 1. The van der Waals surface area contributed by atoms with E-state index in [2.05, 4.69) is 20.5 Å². The van der Waals surface area contributed by atoms with Crippen molar-refractivity contribution < 1.29 is 4.79 Å². The average molecular weight is 433 g/mol. The average Bonchev–Trinajstić information content (AvgIpc) is 3.07. The van der Waals surface area contributed by atoms with Gasteiger partial charge in [0.05, 0.1) is 17.4 Å². The Bertz CT molecular complexity index is 1170. The normalized spacial score (nSPS) is 11.1. The molecule has 10 heteroatoms. The van der Waals surface area contributed by atoms with Crippen molar-refractivity contribution in [2.45, 2.75) is 52.2 Å². The molecule has 8 nitrogen and oxygen atoms in total. The fourth-order valence-corrected chi connectivity index (χ4v) is 3.78.